The largest absolute Gasteiger partial charge is 3.00 e. The van der Waals surface area contributed by atoms with Crippen molar-refractivity contribution in [2.75, 3.05) is 58.9 Å². The van der Waals surface area contributed by atoms with Crippen LogP contribution < -0.4 is 15.3 Å². The second-order valence-electron chi connectivity index (χ2n) is 5.60. The summed E-state index contributed by atoms with van der Waals surface area (Å²) in [5.41, 5.74) is 0. The maximum Gasteiger partial charge on any atom is 3.00 e. The summed E-state index contributed by atoms with van der Waals surface area (Å²) >= 11 is 0. The molecule has 0 fully saturated rings. The van der Waals surface area contributed by atoms with Gasteiger partial charge in [-0.25, -0.2) is 0 Å². The average molecular weight is 582 g/mol. The van der Waals surface area contributed by atoms with Crippen LogP contribution in [0, 0.1) is 39.9 Å². The molecule has 0 saturated carbocycles. The molecule has 0 amide bonds. The van der Waals surface area contributed by atoms with Crippen LogP contribution in [-0.4, -0.2) is 124 Å². The van der Waals surface area contributed by atoms with Gasteiger partial charge in [-0.2, -0.15) is 0 Å². The Kier molecular flexibility index (Phi) is 21.5. The molecule has 0 aliphatic heterocycles. The molecule has 173 valence electrons. The first-order valence-corrected chi connectivity index (χ1v) is 7.89. The number of carbonyl (C=O) groups excluding carboxylic acids is 3. The number of rotatable bonds is 16. The van der Waals surface area contributed by atoms with Gasteiger partial charge in [-0.1, -0.05) is 0 Å². The summed E-state index contributed by atoms with van der Waals surface area (Å²) < 4.78 is 0. The molecule has 0 spiro atoms. The van der Waals surface area contributed by atoms with Gasteiger partial charge in [-0.3, -0.25) is 34.8 Å². The number of hydrogen-bond donors (Lipinski definition) is 4. The number of carbonyl (C=O) groups is 5. The molecule has 0 bridgehead atoms. The average Bonchev–Trinajstić information content (AvgIpc) is 2.56. The topological polar surface area (TPSA) is 245 Å². The van der Waals surface area contributed by atoms with Gasteiger partial charge in [0.05, 0.1) is 31.0 Å². The minimum atomic E-state index is -1.53. The molecule has 0 heterocycles. The molecule has 0 unspecified atom stereocenters. The Morgan fingerprint density at radius 2 is 0.767 bits per heavy atom. The number of carboxylic acids is 5. The minimum absolute atomic E-state index is 0. The summed E-state index contributed by atoms with van der Waals surface area (Å²) in [6.45, 7) is -3.57. The monoisotopic (exact) mass is 582 g/mol. The molecule has 1 radical (unpaired) electrons. The van der Waals surface area contributed by atoms with Gasteiger partial charge in [-0.05, 0) is 0 Å². The fourth-order valence-electron chi connectivity index (χ4n) is 2.19. The van der Waals surface area contributed by atoms with Crippen LogP contribution in [0.15, 0.2) is 0 Å². The van der Waals surface area contributed by atoms with E-state index >= 15 is 0 Å². The molecule has 16 heteroatoms. The Hall–Kier alpha value is -1.53. The van der Waals surface area contributed by atoms with Crippen molar-refractivity contribution in [2.45, 2.75) is 0 Å². The molecule has 15 nitrogen and oxygen atoms in total. The molecule has 0 atom stereocenters. The molecule has 0 saturated heterocycles. The van der Waals surface area contributed by atoms with E-state index in [1.807, 2.05) is 0 Å². The maximum absolute atomic E-state index is 10.9. The van der Waals surface area contributed by atoms with Crippen LogP contribution in [-0.2, 0) is 24.0 Å². The van der Waals surface area contributed by atoms with Crippen molar-refractivity contribution in [1.29, 1.82) is 0 Å². The van der Waals surface area contributed by atoms with Crippen molar-refractivity contribution in [3.05, 3.63) is 0 Å². The van der Waals surface area contributed by atoms with E-state index in [2.05, 4.69) is 0 Å². The van der Waals surface area contributed by atoms with Crippen molar-refractivity contribution in [3.8, 4) is 0 Å². The Morgan fingerprint density at radius 3 is 1.03 bits per heavy atom. The van der Waals surface area contributed by atoms with Crippen molar-refractivity contribution < 1.29 is 100.0 Å². The van der Waals surface area contributed by atoms with E-state index in [9.17, 15) is 39.3 Å². The molecule has 0 aromatic heterocycles. The predicted octanol–water partition coefficient (Wildman–Crippen LogP) is -6.67. The minimum Gasteiger partial charge on any atom is -0.549 e. The summed E-state index contributed by atoms with van der Waals surface area (Å²) in [6, 6.07) is 0. The normalized spacial score (nSPS) is 10.2. The zero-order valence-corrected chi connectivity index (χ0v) is 17.9. The number of aliphatic carboxylic acids is 5. The maximum atomic E-state index is 10.9. The number of nitrogens with zero attached hydrogens (tertiary/aromatic N) is 3. The first-order valence-electron chi connectivity index (χ1n) is 7.89. The zero-order chi connectivity index (χ0) is 23.0. The van der Waals surface area contributed by atoms with Crippen molar-refractivity contribution in [1.82, 2.24) is 14.7 Å². The zero-order valence-electron chi connectivity index (χ0n) is 15.6. The van der Waals surface area contributed by atoms with Gasteiger partial charge in [0, 0.05) is 45.8 Å². The van der Waals surface area contributed by atoms with Crippen LogP contribution in [0.5, 0.6) is 0 Å². The van der Waals surface area contributed by atoms with Crippen LogP contribution in [0.2, 0.25) is 0 Å². The third-order valence-electron chi connectivity index (χ3n) is 3.24. The molecule has 0 rings (SSSR count). The fraction of sp³-hybridized carbons (Fsp3) is 0.643. The first kappa shape index (κ1) is 33.1. The van der Waals surface area contributed by atoms with Gasteiger partial charge < -0.3 is 39.9 Å². The van der Waals surface area contributed by atoms with Gasteiger partial charge in [0.25, 0.3) is 0 Å². The van der Waals surface area contributed by atoms with Gasteiger partial charge in [0.1, 0.15) is 0 Å². The predicted molar refractivity (Wildman–Crippen MR) is 84.9 cm³/mol. The van der Waals surface area contributed by atoms with E-state index in [0.29, 0.717) is 0 Å². The van der Waals surface area contributed by atoms with E-state index in [1.54, 1.807) is 0 Å². The van der Waals surface area contributed by atoms with Gasteiger partial charge in [0.2, 0.25) is 0 Å². The van der Waals surface area contributed by atoms with E-state index in [0.717, 1.165) is 9.80 Å². The summed E-state index contributed by atoms with van der Waals surface area (Å²) in [4.78, 5) is 56.9. The summed E-state index contributed by atoms with van der Waals surface area (Å²) in [5, 5.41) is 61.6. The first-order chi connectivity index (χ1) is 13.5. The molecular weight excluding hydrogens is 559 g/mol. The van der Waals surface area contributed by atoms with Crippen molar-refractivity contribution in [3.63, 3.8) is 0 Å². The molecule has 0 aromatic carbocycles. The molecular formula is C14H22GdN3O12. The van der Waals surface area contributed by atoms with E-state index < -0.39 is 62.6 Å². The van der Waals surface area contributed by atoms with Crippen LogP contribution in [0.1, 0.15) is 0 Å². The Labute approximate surface area is 202 Å². The van der Waals surface area contributed by atoms with E-state index in [-0.39, 0.29) is 66.1 Å². The SMILES string of the molecule is O=C([O-])CN(CCN(CCN(CC(=O)[O-])CC(=O)O)CC(=O)O)CC(=O)[O-].OO.[Gd+3]. The summed E-state index contributed by atoms with van der Waals surface area (Å²) in [7, 11) is 0. The molecule has 0 aliphatic rings. The van der Waals surface area contributed by atoms with Crippen LogP contribution in [0.4, 0.5) is 0 Å². The smallest absolute Gasteiger partial charge is 0.549 e. The number of hydrogen-bond acceptors (Lipinski definition) is 13. The van der Waals surface area contributed by atoms with Crippen LogP contribution >= 0.6 is 0 Å². The van der Waals surface area contributed by atoms with Crippen LogP contribution in [0.25, 0.3) is 0 Å². The fourth-order valence-corrected chi connectivity index (χ4v) is 2.19. The third kappa shape index (κ3) is 21.2. The molecule has 0 aliphatic carbocycles. The molecule has 30 heavy (non-hydrogen) atoms. The molecule has 4 N–H and O–H groups in total. The van der Waals surface area contributed by atoms with Crippen molar-refractivity contribution in [2.24, 2.45) is 0 Å². The van der Waals surface area contributed by atoms with E-state index in [4.69, 9.17) is 20.7 Å². The molecule has 0 aromatic rings. The van der Waals surface area contributed by atoms with E-state index in [1.165, 1.54) is 4.90 Å². The number of carboxylic acid groups (broad SMARTS) is 5. The Morgan fingerprint density at radius 1 is 0.533 bits per heavy atom. The summed E-state index contributed by atoms with van der Waals surface area (Å²) in [5.74, 6) is -7.07. The standard InChI is InChI=1S/C14H23N3O10.Gd.H2O2/c18-10(19)5-15(1-3-16(6-11(20)21)7-12(22)23)2-4-17(8-13(24)25)9-14(26)27;;1-2/h1-9H2,(H,18,19)(H,20,21)(H,22,23)(H,24,25)(H,26,27);;1-2H/q;+3;/p-3. The van der Waals surface area contributed by atoms with Crippen molar-refractivity contribution >= 4 is 29.8 Å². The van der Waals surface area contributed by atoms with Crippen LogP contribution in [0.3, 0.4) is 0 Å². The third-order valence-corrected chi connectivity index (χ3v) is 3.24. The summed E-state index contributed by atoms with van der Waals surface area (Å²) in [6.07, 6.45) is 0. The second kappa shape index (κ2) is 19.4. The Bertz CT molecular complexity index is 490. The Balaban J connectivity index is -0.00000235. The van der Waals surface area contributed by atoms with Gasteiger partial charge in [-0.15, -0.1) is 0 Å². The van der Waals surface area contributed by atoms with Gasteiger partial charge in [0.15, 0.2) is 0 Å². The van der Waals surface area contributed by atoms with Gasteiger partial charge >= 0.3 is 51.9 Å². The second-order valence-corrected chi connectivity index (χ2v) is 5.60. The quantitative estimate of drug-likeness (QED) is 0.0977.